The SMILES string of the molecule is Cc1ccc(Cl)cc1S(=O)(=O)Nc1ccc(N([C@@H]2CS(=O)(=O)C[C@@H]2O)S(=O)(=O)c2cc(Cl)ccc2C)cc1. The number of sulfonamides is 2. The van der Waals surface area contributed by atoms with Crippen LogP contribution in [0.4, 0.5) is 11.4 Å². The van der Waals surface area contributed by atoms with Gasteiger partial charge in [0.2, 0.25) is 0 Å². The zero-order valence-electron chi connectivity index (χ0n) is 20.2. The number of halogens is 2. The summed E-state index contributed by atoms with van der Waals surface area (Å²) in [4.78, 5) is -0.170. The van der Waals surface area contributed by atoms with Crippen molar-refractivity contribution in [3.8, 4) is 0 Å². The standard InChI is InChI=1S/C24H24Cl2N2O7S3/c1-15-3-5-17(25)11-23(15)37(32,33)27-19-7-9-20(10-8-19)28(21-13-36(30,31)14-22(21)29)38(34,35)24-12-18(26)6-4-16(24)2/h3-12,21-22,27,29H,13-14H2,1-2H3/t21-,22+/m1/s1. The minimum Gasteiger partial charge on any atom is -0.390 e. The Hall–Kier alpha value is -2.35. The second-order valence-corrected chi connectivity index (χ2v) is 15.4. The number of nitrogens with zero attached hydrogens (tertiary/aromatic N) is 1. The monoisotopic (exact) mass is 618 g/mol. The molecule has 0 spiro atoms. The molecule has 1 heterocycles. The lowest BCUT2D eigenvalue weighted by molar-refractivity contribution is 0.184. The molecule has 1 aliphatic rings. The number of aryl methyl sites for hydroxylation is 2. The van der Waals surface area contributed by atoms with Crippen molar-refractivity contribution in [2.24, 2.45) is 0 Å². The van der Waals surface area contributed by atoms with Crippen molar-refractivity contribution in [2.75, 3.05) is 20.5 Å². The van der Waals surface area contributed by atoms with Crippen LogP contribution in [-0.4, -0.2) is 54.0 Å². The highest BCUT2D eigenvalue weighted by Gasteiger charge is 2.45. The average Bonchev–Trinajstić information content (AvgIpc) is 3.09. The zero-order valence-corrected chi connectivity index (χ0v) is 24.1. The van der Waals surface area contributed by atoms with Crippen LogP contribution in [0, 0.1) is 13.8 Å². The molecule has 2 atom stereocenters. The lowest BCUT2D eigenvalue weighted by Crippen LogP contribution is -2.47. The third-order valence-corrected chi connectivity index (χ3v) is 11.8. The van der Waals surface area contributed by atoms with Crippen LogP contribution < -0.4 is 9.03 Å². The highest BCUT2D eigenvalue weighted by atomic mass is 35.5. The van der Waals surface area contributed by atoms with Gasteiger partial charge < -0.3 is 5.11 Å². The van der Waals surface area contributed by atoms with Gasteiger partial charge >= 0.3 is 0 Å². The van der Waals surface area contributed by atoms with Gasteiger partial charge in [-0.3, -0.25) is 9.03 Å². The molecule has 38 heavy (non-hydrogen) atoms. The summed E-state index contributed by atoms with van der Waals surface area (Å²) in [6.07, 6.45) is -1.47. The Balaban J connectivity index is 1.76. The summed E-state index contributed by atoms with van der Waals surface area (Å²) in [6, 6.07) is 12.8. The summed E-state index contributed by atoms with van der Waals surface area (Å²) in [5.41, 5.74) is 1.01. The maximum atomic E-state index is 13.9. The van der Waals surface area contributed by atoms with Crippen molar-refractivity contribution in [3.05, 3.63) is 81.8 Å². The molecule has 14 heteroatoms. The minimum absolute atomic E-state index is 0.0194. The van der Waals surface area contributed by atoms with E-state index in [9.17, 15) is 30.4 Å². The first-order valence-electron chi connectivity index (χ1n) is 11.2. The molecule has 0 saturated carbocycles. The fourth-order valence-electron chi connectivity index (χ4n) is 4.25. The van der Waals surface area contributed by atoms with Crippen LogP contribution in [0.25, 0.3) is 0 Å². The molecule has 0 bridgehead atoms. The van der Waals surface area contributed by atoms with Crippen LogP contribution in [0.3, 0.4) is 0 Å². The molecular weight excluding hydrogens is 595 g/mol. The fourth-order valence-corrected chi connectivity index (χ4v) is 9.85. The number of sulfone groups is 1. The van der Waals surface area contributed by atoms with Gasteiger partial charge in [0.1, 0.15) is 0 Å². The molecule has 9 nitrogen and oxygen atoms in total. The Morgan fingerprint density at radius 3 is 1.89 bits per heavy atom. The number of rotatable bonds is 7. The summed E-state index contributed by atoms with van der Waals surface area (Å²) >= 11 is 12.0. The van der Waals surface area contributed by atoms with E-state index in [1.54, 1.807) is 26.0 Å². The van der Waals surface area contributed by atoms with E-state index in [1.165, 1.54) is 48.5 Å². The summed E-state index contributed by atoms with van der Waals surface area (Å²) < 4.78 is 81.4. The lowest BCUT2D eigenvalue weighted by Gasteiger charge is -2.32. The van der Waals surface area contributed by atoms with E-state index >= 15 is 0 Å². The smallest absolute Gasteiger partial charge is 0.265 e. The van der Waals surface area contributed by atoms with Gasteiger partial charge in [0, 0.05) is 15.7 Å². The predicted molar refractivity (Wildman–Crippen MR) is 148 cm³/mol. The highest BCUT2D eigenvalue weighted by Crippen LogP contribution is 2.34. The number of anilines is 2. The molecule has 3 aromatic rings. The van der Waals surface area contributed by atoms with Crippen molar-refractivity contribution in [3.63, 3.8) is 0 Å². The molecule has 0 aromatic heterocycles. The molecule has 3 aromatic carbocycles. The second kappa shape index (κ2) is 10.3. The summed E-state index contributed by atoms with van der Waals surface area (Å²) in [6.45, 7) is 3.19. The number of aliphatic hydroxyl groups excluding tert-OH is 1. The Kier molecular flexibility index (Phi) is 7.78. The van der Waals surface area contributed by atoms with Gasteiger partial charge in [0.05, 0.1) is 39.1 Å². The van der Waals surface area contributed by atoms with Crippen molar-refractivity contribution < 1.29 is 30.4 Å². The Morgan fingerprint density at radius 2 is 1.37 bits per heavy atom. The number of hydrogen-bond donors (Lipinski definition) is 2. The molecule has 2 N–H and O–H groups in total. The van der Waals surface area contributed by atoms with Gasteiger partial charge in [-0.05, 0) is 73.5 Å². The molecule has 1 fully saturated rings. The Morgan fingerprint density at radius 1 is 0.842 bits per heavy atom. The third-order valence-electron chi connectivity index (χ3n) is 6.10. The summed E-state index contributed by atoms with van der Waals surface area (Å²) in [5, 5.41) is 11.0. The van der Waals surface area contributed by atoms with E-state index in [0.717, 1.165) is 4.31 Å². The predicted octanol–water partition coefficient (Wildman–Crippen LogP) is 3.76. The van der Waals surface area contributed by atoms with Gasteiger partial charge in [-0.2, -0.15) is 0 Å². The molecule has 0 aliphatic carbocycles. The molecule has 1 saturated heterocycles. The molecule has 4 rings (SSSR count). The van der Waals surface area contributed by atoms with Crippen LogP contribution >= 0.6 is 23.2 Å². The molecule has 0 amide bonds. The third kappa shape index (κ3) is 5.80. The zero-order chi connectivity index (χ0) is 28.0. The Bertz CT molecular complexity index is 1710. The van der Waals surface area contributed by atoms with Crippen LogP contribution in [0.1, 0.15) is 11.1 Å². The summed E-state index contributed by atoms with van der Waals surface area (Å²) in [5.74, 6) is -1.18. The average molecular weight is 620 g/mol. The van der Waals surface area contributed by atoms with Gasteiger partial charge in [-0.25, -0.2) is 25.3 Å². The first kappa shape index (κ1) is 28.7. The topological polar surface area (TPSA) is 138 Å². The van der Waals surface area contributed by atoms with Crippen molar-refractivity contribution >= 4 is 64.5 Å². The first-order chi connectivity index (χ1) is 17.6. The molecular formula is C24H24Cl2N2O7S3. The van der Waals surface area contributed by atoms with E-state index in [1.807, 2.05) is 0 Å². The lowest BCUT2D eigenvalue weighted by atomic mass is 10.2. The van der Waals surface area contributed by atoms with Crippen LogP contribution in [-0.2, 0) is 29.9 Å². The van der Waals surface area contributed by atoms with Crippen LogP contribution in [0.5, 0.6) is 0 Å². The molecule has 0 unspecified atom stereocenters. The number of nitrogens with one attached hydrogen (secondary N) is 1. The normalized spacial score (nSPS) is 19.3. The van der Waals surface area contributed by atoms with Gasteiger partial charge in [-0.15, -0.1) is 0 Å². The number of hydrogen-bond acceptors (Lipinski definition) is 7. The van der Waals surface area contributed by atoms with Gasteiger partial charge in [0.15, 0.2) is 9.84 Å². The van der Waals surface area contributed by atoms with E-state index in [2.05, 4.69) is 4.72 Å². The molecule has 0 radical (unpaired) electrons. The van der Waals surface area contributed by atoms with Crippen LogP contribution in [0.2, 0.25) is 10.0 Å². The Labute approximate surface area is 232 Å². The van der Waals surface area contributed by atoms with E-state index < -0.39 is 53.5 Å². The summed E-state index contributed by atoms with van der Waals surface area (Å²) in [7, 11) is -12.1. The van der Waals surface area contributed by atoms with E-state index in [0.29, 0.717) is 11.1 Å². The van der Waals surface area contributed by atoms with Crippen molar-refractivity contribution in [1.29, 1.82) is 0 Å². The fraction of sp³-hybridized carbons (Fsp3) is 0.250. The van der Waals surface area contributed by atoms with Crippen molar-refractivity contribution in [2.45, 2.75) is 35.8 Å². The quantitative estimate of drug-likeness (QED) is 0.411. The maximum absolute atomic E-state index is 13.9. The van der Waals surface area contributed by atoms with Crippen molar-refractivity contribution in [1.82, 2.24) is 0 Å². The van der Waals surface area contributed by atoms with E-state index in [-0.39, 0.29) is 31.2 Å². The number of benzene rings is 3. The molecule has 1 aliphatic heterocycles. The number of aliphatic hydroxyl groups is 1. The largest absolute Gasteiger partial charge is 0.390 e. The first-order valence-corrected chi connectivity index (χ1v) is 16.7. The second-order valence-electron chi connectivity index (χ2n) is 8.98. The van der Waals surface area contributed by atoms with Gasteiger partial charge in [-0.1, -0.05) is 35.3 Å². The highest BCUT2D eigenvalue weighted by molar-refractivity contribution is 7.93. The maximum Gasteiger partial charge on any atom is 0.265 e. The minimum atomic E-state index is -4.40. The van der Waals surface area contributed by atoms with E-state index in [4.69, 9.17) is 23.2 Å². The van der Waals surface area contributed by atoms with Gasteiger partial charge in [0.25, 0.3) is 20.0 Å². The van der Waals surface area contributed by atoms with Crippen LogP contribution in [0.15, 0.2) is 70.5 Å². The molecule has 204 valence electrons.